The maximum Gasteiger partial charge on any atom is 0.244 e. The van der Waals surface area contributed by atoms with E-state index in [-0.39, 0.29) is 30.3 Å². The average molecular weight is 601 g/mol. The van der Waals surface area contributed by atoms with Crippen LogP contribution in [-0.2, 0) is 32.6 Å². The topological polar surface area (TPSA) is 104 Å². The number of anilines is 1. The average Bonchev–Trinajstić information content (AvgIpc) is 2.88. The first-order chi connectivity index (χ1) is 18.0. The fourth-order valence-electron chi connectivity index (χ4n) is 4.05. The van der Waals surface area contributed by atoms with Crippen LogP contribution in [0.5, 0.6) is 0 Å². The van der Waals surface area contributed by atoms with Crippen molar-refractivity contribution in [2.24, 2.45) is 0 Å². The zero-order valence-electron chi connectivity index (χ0n) is 21.4. The molecule has 200 valence electrons. The van der Waals surface area contributed by atoms with Crippen molar-refractivity contribution in [1.82, 2.24) is 10.2 Å². The number of amides is 2. The molecule has 3 aromatic rings. The molecule has 0 heterocycles. The second kappa shape index (κ2) is 12.8. The highest BCUT2D eigenvalue weighted by molar-refractivity contribution is 9.10. The molecule has 2 amide bonds. The van der Waals surface area contributed by atoms with Gasteiger partial charge in [-0.25, -0.2) is 8.42 Å². The van der Waals surface area contributed by atoms with E-state index in [1.54, 1.807) is 12.1 Å². The third-order valence-corrected chi connectivity index (χ3v) is 7.61. The van der Waals surface area contributed by atoms with Gasteiger partial charge in [0.2, 0.25) is 21.8 Å². The molecule has 0 aromatic heterocycles. The first kappa shape index (κ1) is 29.1. The number of halogens is 1. The molecule has 0 aliphatic heterocycles. The number of Topliss-reactive ketones (excluding diaryl/α,β-unsaturated/α-hetero) is 1. The van der Waals surface area contributed by atoms with E-state index in [1.807, 2.05) is 54.6 Å². The van der Waals surface area contributed by atoms with Gasteiger partial charge in [0.1, 0.15) is 12.6 Å². The van der Waals surface area contributed by atoms with Crippen molar-refractivity contribution in [2.45, 2.75) is 25.9 Å². The summed E-state index contributed by atoms with van der Waals surface area (Å²) < 4.78 is 27.4. The summed E-state index contributed by atoms with van der Waals surface area (Å²) in [5, 5.41) is 2.64. The van der Waals surface area contributed by atoms with Crippen LogP contribution in [0.25, 0.3) is 0 Å². The number of hydrogen-bond donors (Lipinski definition) is 1. The van der Waals surface area contributed by atoms with Gasteiger partial charge in [0, 0.05) is 30.0 Å². The zero-order valence-corrected chi connectivity index (χ0v) is 23.8. The van der Waals surface area contributed by atoms with Crippen LogP contribution in [0.15, 0.2) is 83.3 Å². The van der Waals surface area contributed by atoms with E-state index in [0.29, 0.717) is 5.56 Å². The van der Waals surface area contributed by atoms with E-state index < -0.39 is 28.5 Å². The molecule has 0 aliphatic rings. The van der Waals surface area contributed by atoms with Crippen LogP contribution < -0.4 is 9.62 Å². The van der Waals surface area contributed by atoms with Gasteiger partial charge in [-0.05, 0) is 42.3 Å². The number of benzene rings is 3. The number of rotatable bonds is 11. The Morgan fingerprint density at radius 1 is 0.921 bits per heavy atom. The molecule has 3 aromatic carbocycles. The number of sulfonamides is 1. The van der Waals surface area contributed by atoms with Crippen molar-refractivity contribution in [3.8, 4) is 0 Å². The van der Waals surface area contributed by atoms with Gasteiger partial charge >= 0.3 is 0 Å². The molecule has 10 heteroatoms. The SMILES string of the molecule is CNC(=O)C(Cc1ccccc1)N(Cc1cccc(Br)c1)C(=O)CN(c1cccc(C(C)=O)c1)S(C)(=O)=O. The number of likely N-dealkylation sites (N-methyl/N-ethyl adjacent to an activating group) is 1. The largest absolute Gasteiger partial charge is 0.357 e. The maximum atomic E-state index is 13.9. The molecule has 38 heavy (non-hydrogen) atoms. The predicted molar refractivity (Wildman–Crippen MR) is 151 cm³/mol. The Labute approximate surface area is 231 Å². The molecule has 0 fully saturated rings. The summed E-state index contributed by atoms with van der Waals surface area (Å²) in [6, 6.07) is 21.9. The molecule has 1 unspecified atom stereocenters. The molecule has 0 aliphatic carbocycles. The molecule has 0 bridgehead atoms. The number of nitrogens with zero attached hydrogens (tertiary/aromatic N) is 2. The van der Waals surface area contributed by atoms with Crippen LogP contribution in [0.2, 0.25) is 0 Å². The van der Waals surface area contributed by atoms with Crippen molar-refractivity contribution in [3.05, 3.63) is 100 Å². The summed E-state index contributed by atoms with van der Waals surface area (Å²) in [7, 11) is -2.41. The van der Waals surface area contributed by atoms with E-state index >= 15 is 0 Å². The normalized spacial score (nSPS) is 11.9. The third kappa shape index (κ3) is 7.75. The Morgan fingerprint density at radius 3 is 2.18 bits per heavy atom. The van der Waals surface area contributed by atoms with Gasteiger partial charge in [-0.15, -0.1) is 0 Å². The predicted octanol–water partition coefficient (Wildman–Crippen LogP) is 3.80. The summed E-state index contributed by atoms with van der Waals surface area (Å²) >= 11 is 3.44. The lowest BCUT2D eigenvalue weighted by molar-refractivity contribution is -0.139. The van der Waals surface area contributed by atoms with Crippen molar-refractivity contribution < 1.29 is 22.8 Å². The number of carbonyl (C=O) groups excluding carboxylic acids is 3. The number of ketones is 1. The van der Waals surface area contributed by atoms with Gasteiger partial charge in [0.15, 0.2) is 5.78 Å². The fraction of sp³-hybridized carbons (Fsp3) is 0.250. The van der Waals surface area contributed by atoms with Gasteiger partial charge in [0.05, 0.1) is 11.9 Å². The monoisotopic (exact) mass is 599 g/mol. The highest BCUT2D eigenvalue weighted by Gasteiger charge is 2.32. The van der Waals surface area contributed by atoms with Gasteiger partial charge in [-0.1, -0.05) is 70.5 Å². The fourth-order valence-corrected chi connectivity index (χ4v) is 5.33. The Morgan fingerprint density at radius 2 is 1.58 bits per heavy atom. The lowest BCUT2D eigenvalue weighted by Gasteiger charge is -2.33. The van der Waals surface area contributed by atoms with Crippen molar-refractivity contribution in [2.75, 3.05) is 24.2 Å². The minimum absolute atomic E-state index is 0.0777. The van der Waals surface area contributed by atoms with Crippen molar-refractivity contribution in [3.63, 3.8) is 0 Å². The van der Waals surface area contributed by atoms with Gasteiger partial charge < -0.3 is 10.2 Å². The van der Waals surface area contributed by atoms with Gasteiger partial charge in [-0.2, -0.15) is 0 Å². The molecular formula is C28H30BrN3O5S. The molecule has 0 saturated heterocycles. The van der Waals surface area contributed by atoms with Crippen molar-refractivity contribution in [1.29, 1.82) is 0 Å². The molecule has 1 N–H and O–H groups in total. The molecule has 0 saturated carbocycles. The Balaban J connectivity index is 2.04. The molecule has 3 rings (SSSR count). The Hall–Kier alpha value is -3.50. The molecular weight excluding hydrogens is 570 g/mol. The first-order valence-corrected chi connectivity index (χ1v) is 14.5. The van der Waals surface area contributed by atoms with Gasteiger partial charge in [0.25, 0.3) is 0 Å². The second-order valence-electron chi connectivity index (χ2n) is 8.85. The van der Waals surface area contributed by atoms with E-state index in [1.165, 1.54) is 31.0 Å². The lowest BCUT2D eigenvalue weighted by Crippen LogP contribution is -2.52. The first-order valence-electron chi connectivity index (χ1n) is 11.9. The summed E-state index contributed by atoms with van der Waals surface area (Å²) in [6.07, 6.45) is 1.23. The van der Waals surface area contributed by atoms with Gasteiger partial charge in [-0.3, -0.25) is 18.7 Å². The third-order valence-electron chi connectivity index (χ3n) is 5.98. The quantitative estimate of drug-likeness (QED) is 0.338. The summed E-state index contributed by atoms with van der Waals surface area (Å²) in [4.78, 5) is 40.3. The van der Waals surface area contributed by atoms with Crippen LogP contribution in [0.4, 0.5) is 5.69 Å². The summed E-state index contributed by atoms with van der Waals surface area (Å²) in [5.74, 6) is -1.17. The van der Waals surface area contributed by atoms with Crippen LogP contribution in [0, 0.1) is 0 Å². The summed E-state index contributed by atoms with van der Waals surface area (Å²) in [6.45, 7) is 0.914. The Kier molecular flexibility index (Phi) is 9.82. The van der Waals surface area contributed by atoms with Crippen molar-refractivity contribution >= 4 is 49.2 Å². The van der Waals surface area contributed by atoms with E-state index in [4.69, 9.17) is 0 Å². The van der Waals surface area contributed by atoms with E-state index in [9.17, 15) is 22.8 Å². The number of hydrogen-bond acceptors (Lipinski definition) is 5. The van der Waals surface area contributed by atoms with E-state index in [2.05, 4.69) is 21.2 Å². The standard InChI is InChI=1S/C28H30BrN3O5S/c1-20(33)23-12-8-14-25(17-23)32(38(3,36)37)19-27(34)31(18-22-11-7-13-24(29)15-22)26(28(35)30-2)16-21-9-5-4-6-10-21/h4-15,17,26H,16,18-19H2,1-3H3,(H,30,35). The number of carbonyl (C=O) groups is 3. The Bertz CT molecular complexity index is 1410. The van der Waals surface area contributed by atoms with E-state index in [0.717, 1.165) is 26.2 Å². The molecule has 0 radical (unpaired) electrons. The summed E-state index contributed by atoms with van der Waals surface area (Å²) in [5.41, 5.74) is 2.12. The van der Waals surface area contributed by atoms with Crippen LogP contribution in [0.1, 0.15) is 28.4 Å². The smallest absolute Gasteiger partial charge is 0.244 e. The number of nitrogens with one attached hydrogen (secondary N) is 1. The van der Waals surface area contributed by atoms with Crippen LogP contribution >= 0.6 is 15.9 Å². The highest BCUT2D eigenvalue weighted by atomic mass is 79.9. The highest BCUT2D eigenvalue weighted by Crippen LogP contribution is 2.22. The molecule has 0 spiro atoms. The second-order valence-corrected chi connectivity index (χ2v) is 11.7. The maximum absolute atomic E-state index is 13.9. The minimum Gasteiger partial charge on any atom is -0.357 e. The lowest BCUT2D eigenvalue weighted by atomic mass is 10.0. The molecule has 8 nitrogen and oxygen atoms in total. The zero-order chi connectivity index (χ0) is 27.9. The molecule has 1 atom stereocenters. The van der Waals surface area contributed by atoms with Crippen LogP contribution in [-0.4, -0.2) is 56.8 Å². The van der Waals surface area contributed by atoms with Crippen LogP contribution in [0.3, 0.4) is 0 Å². The minimum atomic E-state index is -3.91.